The molecule has 4 nitrogen and oxygen atoms in total. The summed E-state index contributed by atoms with van der Waals surface area (Å²) >= 11 is 7.87. The van der Waals surface area contributed by atoms with E-state index >= 15 is 0 Å². The van der Waals surface area contributed by atoms with Gasteiger partial charge in [0, 0.05) is 5.56 Å². The monoisotopic (exact) mass is 484 g/mol. The second-order valence-electron chi connectivity index (χ2n) is 7.85. The van der Waals surface area contributed by atoms with Crippen LogP contribution < -0.4 is 9.64 Å². The fourth-order valence-corrected chi connectivity index (χ4v) is 4.96. The Morgan fingerprint density at radius 2 is 1.53 bits per heavy atom. The molecule has 0 aliphatic rings. The molecule has 0 aliphatic carbocycles. The van der Waals surface area contributed by atoms with Gasteiger partial charge < -0.3 is 4.74 Å². The standard InChI is InChI=1S/C28H21ClN2O2S/c1-19-12-17-24(29)26-25(19)30-28(34-26)31(18-20-8-4-2-5-9-20)27(32)21-13-15-23(16-14-21)33-22-10-6-3-7-11-22/h2-17H,18H2,1H3. The topological polar surface area (TPSA) is 42.4 Å². The first kappa shape index (κ1) is 22.1. The molecule has 0 saturated heterocycles. The van der Waals surface area contributed by atoms with Gasteiger partial charge >= 0.3 is 0 Å². The highest BCUT2D eigenvalue weighted by molar-refractivity contribution is 7.23. The van der Waals surface area contributed by atoms with Gasteiger partial charge in [0.1, 0.15) is 11.5 Å². The van der Waals surface area contributed by atoms with Gasteiger partial charge in [0.25, 0.3) is 5.91 Å². The summed E-state index contributed by atoms with van der Waals surface area (Å²) in [7, 11) is 0. The van der Waals surface area contributed by atoms with Crippen LogP contribution in [0.2, 0.25) is 5.02 Å². The molecular weight excluding hydrogens is 464 g/mol. The molecule has 5 aromatic rings. The zero-order chi connectivity index (χ0) is 23.5. The van der Waals surface area contributed by atoms with Gasteiger partial charge in [-0.05, 0) is 60.5 Å². The van der Waals surface area contributed by atoms with Gasteiger partial charge in [-0.2, -0.15) is 0 Å². The quantitative estimate of drug-likeness (QED) is 0.246. The number of aromatic nitrogens is 1. The second kappa shape index (κ2) is 9.67. The summed E-state index contributed by atoms with van der Waals surface area (Å²) in [6.45, 7) is 2.40. The van der Waals surface area contributed by atoms with Gasteiger partial charge in [0.2, 0.25) is 0 Å². The summed E-state index contributed by atoms with van der Waals surface area (Å²) < 4.78 is 6.75. The average Bonchev–Trinajstić information content (AvgIpc) is 3.33. The number of para-hydroxylation sites is 1. The maximum absolute atomic E-state index is 13.7. The molecule has 5 rings (SSSR count). The second-order valence-corrected chi connectivity index (χ2v) is 9.24. The molecule has 34 heavy (non-hydrogen) atoms. The summed E-state index contributed by atoms with van der Waals surface area (Å²) in [4.78, 5) is 20.2. The van der Waals surface area contributed by atoms with Gasteiger partial charge in [0.15, 0.2) is 5.13 Å². The zero-order valence-electron chi connectivity index (χ0n) is 18.4. The molecule has 6 heteroatoms. The number of anilines is 1. The van der Waals surface area contributed by atoms with Crippen LogP contribution in [0.5, 0.6) is 11.5 Å². The maximum atomic E-state index is 13.7. The molecule has 0 saturated carbocycles. The number of fused-ring (bicyclic) bond motifs is 1. The van der Waals surface area contributed by atoms with Gasteiger partial charge in [-0.15, -0.1) is 0 Å². The van der Waals surface area contributed by atoms with Crippen molar-refractivity contribution in [2.45, 2.75) is 13.5 Å². The van der Waals surface area contributed by atoms with Gasteiger partial charge in [0.05, 0.1) is 21.8 Å². The summed E-state index contributed by atoms with van der Waals surface area (Å²) in [6.07, 6.45) is 0. The molecule has 0 radical (unpaired) electrons. The van der Waals surface area contributed by atoms with Crippen molar-refractivity contribution in [2.24, 2.45) is 0 Å². The van der Waals surface area contributed by atoms with Gasteiger partial charge in [-0.25, -0.2) is 4.98 Å². The first-order valence-corrected chi connectivity index (χ1v) is 12.0. The average molecular weight is 485 g/mol. The lowest BCUT2D eigenvalue weighted by Gasteiger charge is -2.20. The number of aryl methyl sites for hydroxylation is 1. The number of rotatable bonds is 6. The molecule has 0 fully saturated rings. The van der Waals surface area contributed by atoms with Crippen LogP contribution >= 0.6 is 22.9 Å². The number of hydrogen-bond acceptors (Lipinski definition) is 4. The lowest BCUT2D eigenvalue weighted by molar-refractivity contribution is 0.0985. The number of thiazole rings is 1. The molecule has 0 aliphatic heterocycles. The number of ether oxygens (including phenoxy) is 1. The van der Waals surface area contributed by atoms with Crippen molar-refractivity contribution in [2.75, 3.05) is 4.90 Å². The van der Waals surface area contributed by atoms with E-state index < -0.39 is 0 Å². The molecule has 0 N–H and O–H groups in total. The summed E-state index contributed by atoms with van der Waals surface area (Å²) in [5.41, 5.74) is 3.42. The predicted octanol–water partition coefficient (Wildman–Crippen LogP) is 7.90. The van der Waals surface area contributed by atoms with Crippen molar-refractivity contribution in [1.29, 1.82) is 0 Å². The third-order valence-corrected chi connectivity index (χ3v) is 6.96. The molecule has 1 heterocycles. The van der Waals surface area contributed by atoms with Crippen LogP contribution in [0.25, 0.3) is 10.2 Å². The molecule has 1 aromatic heterocycles. The van der Waals surface area contributed by atoms with Crippen LogP contribution in [0.15, 0.2) is 97.1 Å². The normalized spacial score (nSPS) is 10.9. The van der Waals surface area contributed by atoms with E-state index in [4.69, 9.17) is 21.3 Å². The number of hydrogen-bond donors (Lipinski definition) is 0. The Labute approximate surface area is 207 Å². The molecule has 0 atom stereocenters. The van der Waals surface area contributed by atoms with Crippen molar-refractivity contribution in [1.82, 2.24) is 4.98 Å². The van der Waals surface area contributed by atoms with Crippen molar-refractivity contribution in [3.63, 3.8) is 0 Å². The van der Waals surface area contributed by atoms with Crippen LogP contribution in [0.4, 0.5) is 5.13 Å². The van der Waals surface area contributed by atoms with E-state index in [1.165, 1.54) is 11.3 Å². The molecule has 1 amide bonds. The SMILES string of the molecule is Cc1ccc(Cl)c2sc(N(Cc3ccccc3)C(=O)c3ccc(Oc4ccccc4)cc3)nc12. The Balaban J connectivity index is 1.48. The summed E-state index contributed by atoms with van der Waals surface area (Å²) in [6, 6.07) is 30.4. The van der Waals surface area contributed by atoms with E-state index in [2.05, 4.69) is 0 Å². The molecule has 0 spiro atoms. The van der Waals surface area contributed by atoms with E-state index in [1.807, 2.05) is 79.7 Å². The lowest BCUT2D eigenvalue weighted by Crippen LogP contribution is -2.30. The Morgan fingerprint density at radius 3 is 2.21 bits per heavy atom. The Kier molecular flexibility index (Phi) is 6.30. The molecule has 4 aromatic carbocycles. The predicted molar refractivity (Wildman–Crippen MR) is 139 cm³/mol. The third kappa shape index (κ3) is 4.67. The minimum absolute atomic E-state index is 0.136. The molecule has 168 valence electrons. The number of benzene rings is 4. The van der Waals surface area contributed by atoms with Crippen molar-refractivity contribution < 1.29 is 9.53 Å². The van der Waals surface area contributed by atoms with Crippen LogP contribution in [-0.2, 0) is 6.54 Å². The van der Waals surface area contributed by atoms with E-state index in [9.17, 15) is 4.79 Å². The number of nitrogens with zero attached hydrogens (tertiary/aromatic N) is 2. The van der Waals surface area contributed by atoms with E-state index in [-0.39, 0.29) is 5.91 Å². The highest BCUT2D eigenvalue weighted by Gasteiger charge is 2.23. The van der Waals surface area contributed by atoms with Gasteiger partial charge in [-0.3, -0.25) is 9.69 Å². The van der Waals surface area contributed by atoms with Crippen LogP contribution in [0.1, 0.15) is 21.5 Å². The number of carbonyl (C=O) groups is 1. The van der Waals surface area contributed by atoms with Crippen molar-refractivity contribution in [3.8, 4) is 11.5 Å². The fourth-order valence-electron chi connectivity index (χ4n) is 3.64. The number of halogens is 1. The number of carbonyl (C=O) groups excluding carboxylic acids is 1. The van der Waals surface area contributed by atoms with Crippen molar-refractivity contribution in [3.05, 3.63) is 119 Å². The summed E-state index contributed by atoms with van der Waals surface area (Å²) in [5.74, 6) is 1.27. The molecule has 0 bridgehead atoms. The molecule has 0 unspecified atom stereocenters. The van der Waals surface area contributed by atoms with Crippen molar-refractivity contribution >= 4 is 44.2 Å². The minimum atomic E-state index is -0.136. The van der Waals surface area contributed by atoms with E-state index in [0.29, 0.717) is 28.0 Å². The smallest absolute Gasteiger partial charge is 0.260 e. The van der Waals surface area contributed by atoms with Crippen LogP contribution in [0, 0.1) is 6.92 Å². The Hall–Kier alpha value is -3.67. The first-order valence-electron chi connectivity index (χ1n) is 10.8. The Morgan fingerprint density at radius 1 is 0.882 bits per heavy atom. The maximum Gasteiger partial charge on any atom is 0.260 e. The van der Waals surface area contributed by atoms with Crippen LogP contribution in [-0.4, -0.2) is 10.9 Å². The summed E-state index contributed by atoms with van der Waals surface area (Å²) in [5, 5.41) is 1.25. The highest BCUT2D eigenvalue weighted by atomic mass is 35.5. The Bertz CT molecular complexity index is 1400. The fraction of sp³-hybridized carbons (Fsp3) is 0.0714. The van der Waals surface area contributed by atoms with Gasteiger partial charge in [-0.1, -0.05) is 77.5 Å². The first-order chi connectivity index (χ1) is 16.6. The number of amides is 1. The molecular formula is C28H21ClN2O2S. The minimum Gasteiger partial charge on any atom is -0.457 e. The third-order valence-electron chi connectivity index (χ3n) is 5.43. The zero-order valence-corrected chi connectivity index (χ0v) is 20.0. The van der Waals surface area contributed by atoms with E-state index in [1.54, 1.807) is 29.2 Å². The van der Waals surface area contributed by atoms with E-state index in [0.717, 1.165) is 27.1 Å². The highest BCUT2D eigenvalue weighted by Crippen LogP contribution is 2.36. The van der Waals surface area contributed by atoms with Crippen LogP contribution in [0.3, 0.4) is 0 Å². The largest absolute Gasteiger partial charge is 0.457 e. The lowest BCUT2D eigenvalue weighted by atomic mass is 10.1.